The maximum atomic E-state index is 4.49. The van der Waals surface area contributed by atoms with Gasteiger partial charge < -0.3 is 10.6 Å². The molecule has 0 unspecified atom stereocenters. The highest BCUT2D eigenvalue weighted by Crippen LogP contribution is 2.56. The zero-order valence-electron chi connectivity index (χ0n) is 16.2. The summed E-state index contributed by atoms with van der Waals surface area (Å²) in [5, 5.41) is 7.34. The summed E-state index contributed by atoms with van der Waals surface area (Å²) in [6.45, 7) is 4.51. The molecule has 0 aromatic heterocycles. The Morgan fingerprint density at radius 2 is 1.85 bits per heavy atom. The van der Waals surface area contributed by atoms with Crippen LogP contribution >= 0.6 is 0 Å². The Balaban J connectivity index is 1.20. The number of nitrogens with zero attached hydrogens (tertiary/aromatic N) is 2. The van der Waals surface area contributed by atoms with E-state index in [9.17, 15) is 0 Å². The first kappa shape index (κ1) is 17.8. The fourth-order valence-corrected chi connectivity index (χ4v) is 4.78. The van der Waals surface area contributed by atoms with E-state index in [4.69, 9.17) is 0 Å². The van der Waals surface area contributed by atoms with Crippen molar-refractivity contribution in [2.75, 3.05) is 26.7 Å². The molecule has 0 radical (unpaired) electrons. The monoisotopic (exact) mass is 354 g/mol. The average Bonchev–Trinajstić information content (AvgIpc) is 3.48. The van der Waals surface area contributed by atoms with Crippen molar-refractivity contribution in [2.45, 2.75) is 57.5 Å². The summed E-state index contributed by atoms with van der Waals surface area (Å²) in [5.41, 5.74) is 2.01. The zero-order chi connectivity index (χ0) is 17.8. The van der Waals surface area contributed by atoms with Gasteiger partial charge in [-0.2, -0.15) is 0 Å². The Morgan fingerprint density at radius 3 is 2.42 bits per heavy atom. The van der Waals surface area contributed by atoms with Gasteiger partial charge >= 0.3 is 0 Å². The summed E-state index contributed by atoms with van der Waals surface area (Å²) in [4.78, 5) is 7.06. The van der Waals surface area contributed by atoms with Crippen LogP contribution in [0.3, 0.4) is 0 Å². The van der Waals surface area contributed by atoms with Gasteiger partial charge in [0, 0.05) is 39.3 Å². The first-order chi connectivity index (χ1) is 12.8. The molecule has 2 saturated carbocycles. The lowest BCUT2D eigenvalue weighted by atomic mass is 9.65. The highest BCUT2D eigenvalue weighted by molar-refractivity contribution is 5.80. The number of rotatable bonds is 6. The first-order valence-electron chi connectivity index (χ1n) is 10.5. The lowest BCUT2D eigenvalue weighted by molar-refractivity contribution is 0.105. The van der Waals surface area contributed by atoms with Crippen LogP contribution in [0.1, 0.15) is 50.5 Å². The van der Waals surface area contributed by atoms with Gasteiger partial charge in [-0.05, 0) is 55.4 Å². The second-order valence-corrected chi connectivity index (χ2v) is 8.60. The summed E-state index contributed by atoms with van der Waals surface area (Å²) >= 11 is 0. The van der Waals surface area contributed by atoms with Gasteiger partial charge in [0.1, 0.15) is 0 Å². The Morgan fingerprint density at radius 1 is 1.12 bits per heavy atom. The van der Waals surface area contributed by atoms with E-state index in [0.717, 1.165) is 38.1 Å². The van der Waals surface area contributed by atoms with E-state index >= 15 is 0 Å². The summed E-state index contributed by atoms with van der Waals surface area (Å²) in [7, 11) is 1.91. The third kappa shape index (κ3) is 4.22. The highest BCUT2D eigenvalue weighted by atomic mass is 15.2. The average molecular weight is 355 g/mol. The second kappa shape index (κ2) is 7.99. The third-order valence-corrected chi connectivity index (χ3v) is 6.80. The third-order valence-electron chi connectivity index (χ3n) is 6.80. The summed E-state index contributed by atoms with van der Waals surface area (Å²) in [6, 6.07) is 11.4. The van der Waals surface area contributed by atoms with Gasteiger partial charge in [0.2, 0.25) is 0 Å². The van der Waals surface area contributed by atoms with E-state index in [1.54, 1.807) is 0 Å². The van der Waals surface area contributed by atoms with E-state index in [1.807, 2.05) is 7.05 Å². The molecule has 142 valence electrons. The molecule has 26 heavy (non-hydrogen) atoms. The minimum absolute atomic E-state index is 0.548. The van der Waals surface area contributed by atoms with Crippen LogP contribution < -0.4 is 10.6 Å². The standard InChI is InChI=1S/C22H34N4/c1-23-21(24-17-22(12-5-13-22)19-8-9-19)25-20-10-14-26(15-11-20)16-18-6-3-2-4-7-18/h2-4,6-7,19-20H,5,8-17H2,1H3,(H2,23,24,25). The van der Waals surface area contributed by atoms with Crippen LogP contribution in [-0.4, -0.2) is 43.6 Å². The van der Waals surface area contributed by atoms with Crippen LogP contribution in [0, 0.1) is 11.3 Å². The van der Waals surface area contributed by atoms with Crippen LogP contribution in [0.25, 0.3) is 0 Å². The molecule has 3 aliphatic rings. The molecule has 4 nitrogen and oxygen atoms in total. The number of aliphatic imine (C=N–C) groups is 1. The molecule has 1 aromatic carbocycles. The number of hydrogen-bond donors (Lipinski definition) is 2. The van der Waals surface area contributed by atoms with E-state index < -0.39 is 0 Å². The minimum Gasteiger partial charge on any atom is -0.356 e. The van der Waals surface area contributed by atoms with Crippen molar-refractivity contribution in [3.63, 3.8) is 0 Å². The number of hydrogen-bond acceptors (Lipinski definition) is 2. The number of likely N-dealkylation sites (tertiary alicyclic amines) is 1. The molecule has 3 fully saturated rings. The van der Waals surface area contributed by atoms with Crippen molar-refractivity contribution in [3.05, 3.63) is 35.9 Å². The Bertz CT molecular complexity index is 596. The van der Waals surface area contributed by atoms with Crippen molar-refractivity contribution in [2.24, 2.45) is 16.3 Å². The lowest BCUT2D eigenvalue weighted by Gasteiger charge is -2.43. The molecular formula is C22H34N4. The number of nitrogens with one attached hydrogen (secondary N) is 2. The number of benzene rings is 1. The molecule has 4 rings (SSSR count). The van der Waals surface area contributed by atoms with E-state index in [-0.39, 0.29) is 0 Å². The fourth-order valence-electron chi connectivity index (χ4n) is 4.78. The van der Waals surface area contributed by atoms with Crippen molar-refractivity contribution in [1.29, 1.82) is 0 Å². The highest BCUT2D eigenvalue weighted by Gasteiger charge is 2.48. The minimum atomic E-state index is 0.548. The molecular weight excluding hydrogens is 320 g/mol. The van der Waals surface area contributed by atoms with Crippen molar-refractivity contribution in [3.8, 4) is 0 Å². The molecule has 1 aliphatic heterocycles. The van der Waals surface area contributed by atoms with Gasteiger partial charge in [0.25, 0.3) is 0 Å². The normalized spacial score (nSPS) is 24.1. The summed E-state index contributed by atoms with van der Waals surface area (Å²) in [6.07, 6.45) is 9.55. The first-order valence-corrected chi connectivity index (χ1v) is 10.5. The number of guanidine groups is 1. The van der Waals surface area contributed by atoms with Crippen LogP contribution in [0.5, 0.6) is 0 Å². The van der Waals surface area contributed by atoms with Gasteiger partial charge in [-0.15, -0.1) is 0 Å². The Kier molecular flexibility index (Phi) is 5.49. The van der Waals surface area contributed by atoms with Crippen LogP contribution in [0.4, 0.5) is 0 Å². The molecule has 0 bridgehead atoms. The predicted molar refractivity (Wildman–Crippen MR) is 108 cm³/mol. The maximum absolute atomic E-state index is 4.49. The molecule has 2 aliphatic carbocycles. The Hall–Kier alpha value is -1.55. The van der Waals surface area contributed by atoms with Crippen LogP contribution in [0.15, 0.2) is 35.3 Å². The van der Waals surface area contributed by atoms with E-state index in [0.29, 0.717) is 11.5 Å². The molecule has 0 spiro atoms. The lowest BCUT2D eigenvalue weighted by Crippen LogP contribution is -2.52. The molecule has 0 atom stereocenters. The van der Waals surface area contributed by atoms with Crippen molar-refractivity contribution >= 4 is 5.96 Å². The van der Waals surface area contributed by atoms with Crippen LogP contribution in [0.2, 0.25) is 0 Å². The quantitative estimate of drug-likeness (QED) is 0.608. The topological polar surface area (TPSA) is 39.7 Å². The molecule has 4 heteroatoms. The predicted octanol–water partition coefficient (Wildman–Crippen LogP) is 3.40. The van der Waals surface area contributed by atoms with Crippen molar-refractivity contribution in [1.82, 2.24) is 15.5 Å². The number of piperidine rings is 1. The Labute approximate surface area is 158 Å². The van der Waals surface area contributed by atoms with E-state index in [2.05, 4.69) is 50.9 Å². The van der Waals surface area contributed by atoms with Crippen molar-refractivity contribution < 1.29 is 0 Å². The summed E-state index contributed by atoms with van der Waals surface area (Å²) in [5.74, 6) is 2.00. The fraction of sp³-hybridized carbons (Fsp3) is 0.682. The molecule has 0 amide bonds. The van der Waals surface area contributed by atoms with Gasteiger partial charge in [0.05, 0.1) is 0 Å². The molecule has 1 saturated heterocycles. The maximum Gasteiger partial charge on any atom is 0.191 e. The van der Waals surface area contributed by atoms with E-state index in [1.165, 1.54) is 50.5 Å². The SMILES string of the molecule is CN=C(NCC1(C2CC2)CCC1)NC1CCN(Cc2ccccc2)CC1. The second-order valence-electron chi connectivity index (χ2n) is 8.60. The zero-order valence-corrected chi connectivity index (χ0v) is 16.2. The van der Waals surface area contributed by atoms with Crippen LogP contribution in [-0.2, 0) is 6.54 Å². The molecule has 1 aromatic rings. The van der Waals surface area contributed by atoms with Gasteiger partial charge in [0.15, 0.2) is 5.96 Å². The largest absolute Gasteiger partial charge is 0.356 e. The molecule has 2 N–H and O–H groups in total. The van der Waals surface area contributed by atoms with Gasteiger partial charge in [-0.3, -0.25) is 9.89 Å². The van der Waals surface area contributed by atoms with Gasteiger partial charge in [-0.1, -0.05) is 36.8 Å². The summed E-state index contributed by atoms with van der Waals surface area (Å²) < 4.78 is 0. The smallest absolute Gasteiger partial charge is 0.191 e. The van der Waals surface area contributed by atoms with Gasteiger partial charge in [-0.25, -0.2) is 0 Å². The molecule has 1 heterocycles.